The van der Waals surface area contributed by atoms with Crippen molar-refractivity contribution in [1.82, 2.24) is 24.7 Å². The summed E-state index contributed by atoms with van der Waals surface area (Å²) in [6.07, 6.45) is 1.96. The second-order valence-electron chi connectivity index (χ2n) is 4.22. The fraction of sp³-hybridized carbons (Fsp3) is 0.500. The van der Waals surface area contributed by atoms with E-state index in [-0.39, 0.29) is 0 Å². The van der Waals surface area contributed by atoms with Gasteiger partial charge < -0.3 is 15.4 Å². The molecule has 0 aliphatic rings. The van der Waals surface area contributed by atoms with E-state index in [0.29, 0.717) is 31.1 Å². The predicted molar refractivity (Wildman–Crippen MR) is 75.8 cm³/mol. The van der Waals surface area contributed by atoms with Gasteiger partial charge in [0.15, 0.2) is 0 Å². The number of aromatic nitrogens is 5. The molecule has 2 N–H and O–H groups in total. The van der Waals surface area contributed by atoms with Gasteiger partial charge in [0, 0.05) is 32.4 Å². The van der Waals surface area contributed by atoms with E-state index in [1.165, 1.54) is 0 Å². The molecular weight excluding hydrogens is 258 g/mol. The van der Waals surface area contributed by atoms with E-state index >= 15 is 0 Å². The lowest BCUT2D eigenvalue weighted by atomic mass is 10.3. The summed E-state index contributed by atoms with van der Waals surface area (Å²) in [4.78, 5) is 12.5. The number of ether oxygens (including phenoxy) is 1. The van der Waals surface area contributed by atoms with Gasteiger partial charge in [0.25, 0.3) is 0 Å². The maximum Gasteiger partial charge on any atom is 0.323 e. The molecule has 2 rings (SSSR count). The molecule has 0 radical (unpaired) electrons. The average Bonchev–Trinajstić information content (AvgIpc) is 2.75. The summed E-state index contributed by atoms with van der Waals surface area (Å²) in [5.74, 6) is 0.935. The zero-order chi connectivity index (χ0) is 14.5. The minimum Gasteiger partial charge on any atom is -0.464 e. The Hall–Kier alpha value is -2.38. The largest absolute Gasteiger partial charge is 0.464 e. The Kier molecular flexibility index (Phi) is 4.34. The molecular formula is C12H19N7O. The highest BCUT2D eigenvalue weighted by Crippen LogP contribution is 2.12. The molecule has 20 heavy (non-hydrogen) atoms. The van der Waals surface area contributed by atoms with E-state index in [0.717, 1.165) is 11.3 Å². The summed E-state index contributed by atoms with van der Waals surface area (Å²) in [6, 6.07) is 0.303. The Bertz CT molecular complexity index is 581. The number of nitrogens with zero attached hydrogens (tertiary/aromatic N) is 5. The molecule has 2 aromatic rings. The number of rotatable bonds is 6. The van der Waals surface area contributed by atoms with Crippen LogP contribution in [0.5, 0.6) is 6.01 Å². The van der Waals surface area contributed by atoms with Crippen molar-refractivity contribution in [2.24, 2.45) is 7.05 Å². The molecule has 0 aliphatic heterocycles. The zero-order valence-electron chi connectivity index (χ0n) is 12.1. The SMILES string of the molecule is CCOc1nc(NC)nc(NCc2cn(C)nc2C)n1. The average molecular weight is 277 g/mol. The van der Waals surface area contributed by atoms with Crippen LogP contribution in [-0.4, -0.2) is 38.4 Å². The molecule has 0 fully saturated rings. The van der Waals surface area contributed by atoms with Gasteiger partial charge in [-0.15, -0.1) is 0 Å². The van der Waals surface area contributed by atoms with Crippen LogP contribution in [0, 0.1) is 6.92 Å². The molecule has 0 aliphatic carbocycles. The lowest BCUT2D eigenvalue weighted by Crippen LogP contribution is -2.09. The van der Waals surface area contributed by atoms with E-state index in [9.17, 15) is 0 Å². The van der Waals surface area contributed by atoms with Crippen LogP contribution in [-0.2, 0) is 13.6 Å². The summed E-state index contributed by atoms with van der Waals surface area (Å²) in [5.41, 5.74) is 2.07. The van der Waals surface area contributed by atoms with Crippen molar-refractivity contribution >= 4 is 11.9 Å². The molecule has 2 heterocycles. The summed E-state index contributed by atoms with van der Waals surface area (Å²) >= 11 is 0. The van der Waals surface area contributed by atoms with E-state index in [1.54, 1.807) is 11.7 Å². The van der Waals surface area contributed by atoms with Crippen molar-refractivity contribution in [3.63, 3.8) is 0 Å². The van der Waals surface area contributed by atoms with Gasteiger partial charge in [0.05, 0.1) is 12.3 Å². The van der Waals surface area contributed by atoms with Crippen LogP contribution in [0.3, 0.4) is 0 Å². The Morgan fingerprint density at radius 3 is 2.60 bits per heavy atom. The quantitative estimate of drug-likeness (QED) is 0.813. The number of anilines is 2. The van der Waals surface area contributed by atoms with Crippen molar-refractivity contribution < 1.29 is 4.74 Å². The molecule has 0 saturated carbocycles. The van der Waals surface area contributed by atoms with E-state index in [4.69, 9.17) is 4.74 Å². The summed E-state index contributed by atoms with van der Waals surface area (Å²) < 4.78 is 7.09. The summed E-state index contributed by atoms with van der Waals surface area (Å²) in [5, 5.41) is 10.3. The predicted octanol–water partition coefficient (Wildman–Crippen LogP) is 0.966. The Labute approximate surface area is 117 Å². The monoisotopic (exact) mass is 277 g/mol. The van der Waals surface area contributed by atoms with Crippen molar-refractivity contribution in [2.75, 3.05) is 24.3 Å². The van der Waals surface area contributed by atoms with E-state index < -0.39 is 0 Å². The molecule has 0 saturated heterocycles. The van der Waals surface area contributed by atoms with Crippen LogP contribution in [0.1, 0.15) is 18.2 Å². The lowest BCUT2D eigenvalue weighted by Gasteiger charge is -2.08. The van der Waals surface area contributed by atoms with Gasteiger partial charge in [0.1, 0.15) is 0 Å². The normalized spacial score (nSPS) is 10.4. The highest BCUT2D eigenvalue weighted by atomic mass is 16.5. The van der Waals surface area contributed by atoms with Crippen LogP contribution in [0.4, 0.5) is 11.9 Å². The van der Waals surface area contributed by atoms with Crippen LogP contribution >= 0.6 is 0 Å². The third kappa shape index (κ3) is 3.34. The molecule has 0 unspecified atom stereocenters. The van der Waals surface area contributed by atoms with Gasteiger partial charge in [-0.05, 0) is 13.8 Å². The molecule has 8 heteroatoms. The molecule has 0 spiro atoms. The summed E-state index contributed by atoms with van der Waals surface area (Å²) in [7, 11) is 3.64. The molecule has 0 aromatic carbocycles. The molecule has 0 amide bonds. The fourth-order valence-electron chi connectivity index (χ4n) is 1.74. The zero-order valence-corrected chi connectivity index (χ0v) is 12.1. The highest BCUT2D eigenvalue weighted by Gasteiger charge is 2.08. The minimum atomic E-state index is 0.303. The molecule has 108 valence electrons. The van der Waals surface area contributed by atoms with Crippen LogP contribution < -0.4 is 15.4 Å². The van der Waals surface area contributed by atoms with Gasteiger partial charge in [-0.3, -0.25) is 4.68 Å². The topological polar surface area (TPSA) is 89.8 Å². The molecule has 2 aromatic heterocycles. The Balaban J connectivity index is 2.12. The number of hydrogen-bond acceptors (Lipinski definition) is 7. The van der Waals surface area contributed by atoms with Gasteiger partial charge in [-0.1, -0.05) is 0 Å². The Morgan fingerprint density at radius 2 is 2.00 bits per heavy atom. The standard InChI is InChI=1S/C12H19N7O/c1-5-20-12-16-10(13-3)15-11(17-12)14-6-9-7-19(4)18-8(9)2/h7H,5-6H2,1-4H3,(H2,13,14,15,16,17). The summed E-state index contributed by atoms with van der Waals surface area (Å²) in [6.45, 7) is 4.96. The van der Waals surface area contributed by atoms with Crippen LogP contribution in [0.25, 0.3) is 0 Å². The first-order chi connectivity index (χ1) is 9.62. The maximum absolute atomic E-state index is 5.31. The second-order valence-corrected chi connectivity index (χ2v) is 4.22. The first-order valence-electron chi connectivity index (χ1n) is 6.42. The molecule has 0 atom stereocenters. The molecule has 8 nitrogen and oxygen atoms in total. The van der Waals surface area contributed by atoms with E-state index in [2.05, 4.69) is 30.7 Å². The Morgan fingerprint density at radius 1 is 1.25 bits per heavy atom. The van der Waals surface area contributed by atoms with Gasteiger partial charge in [-0.2, -0.15) is 20.1 Å². The first kappa shape index (κ1) is 14.0. The van der Waals surface area contributed by atoms with Gasteiger partial charge in [0.2, 0.25) is 11.9 Å². The third-order valence-corrected chi connectivity index (χ3v) is 2.66. The van der Waals surface area contributed by atoms with Gasteiger partial charge >= 0.3 is 6.01 Å². The number of aryl methyl sites for hydroxylation is 2. The second kappa shape index (κ2) is 6.18. The number of nitrogens with one attached hydrogen (secondary N) is 2. The van der Waals surface area contributed by atoms with Gasteiger partial charge in [-0.25, -0.2) is 0 Å². The van der Waals surface area contributed by atoms with Crippen molar-refractivity contribution in [3.8, 4) is 6.01 Å². The van der Waals surface area contributed by atoms with E-state index in [1.807, 2.05) is 27.1 Å². The third-order valence-electron chi connectivity index (χ3n) is 2.66. The smallest absolute Gasteiger partial charge is 0.323 e. The first-order valence-corrected chi connectivity index (χ1v) is 6.42. The highest BCUT2D eigenvalue weighted by molar-refractivity contribution is 5.36. The fourth-order valence-corrected chi connectivity index (χ4v) is 1.74. The van der Waals surface area contributed by atoms with Crippen molar-refractivity contribution in [3.05, 3.63) is 17.5 Å². The van der Waals surface area contributed by atoms with Crippen LogP contribution in [0.2, 0.25) is 0 Å². The maximum atomic E-state index is 5.31. The lowest BCUT2D eigenvalue weighted by molar-refractivity contribution is 0.312. The van der Waals surface area contributed by atoms with Crippen molar-refractivity contribution in [2.45, 2.75) is 20.4 Å². The minimum absolute atomic E-state index is 0.303. The molecule has 0 bridgehead atoms. The van der Waals surface area contributed by atoms with Crippen LogP contribution in [0.15, 0.2) is 6.20 Å². The number of hydrogen-bond donors (Lipinski definition) is 2. The van der Waals surface area contributed by atoms with Crippen molar-refractivity contribution in [1.29, 1.82) is 0 Å².